The third-order valence-corrected chi connectivity index (χ3v) is 4.96. The normalized spacial score (nSPS) is 17.4. The molecule has 1 heterocycles. The number of tetrazole rings is 1. The highest BCUT2D eigenvalue weighted by atomic mass is 16.3. The lowest BCUT2D eigenvalue weighted by atomic mass is 10.0. The second-order valence-electron chi connectivity index (χ2n) is 6.73. The first-order valence-electron chi connectivity index (χ1n) is 8.89. The van der Waals surface area contributed by atoms with E-state index in [-0.39, 0.29) is 12.5 Å². The number of carbonyl (C=O) groups is 1. The summed E-state index contributed by atoms with van der Waals surface area (Å²) < 4.78 is 1.55. The van der Waals surface area contributed by atoms with Crippen molar-refractivity contribution in [3.05, 3.63) is 41.7 Å². The maximum absolute atomic E-state index is 12.8. The van der Waals surface area contributed by atoms with Gasteiger partial charge in [-0.3, -0.25) is 4.79 Å². The van der Waals surface area contributed by atoms with Crippen molar-refractivity contribution < 1.29 is 9.90 Å². The van der Waals surface area contributed by atoms with Crippen LogP contribution in [-0.2, 0) is 11.2 Å². The van der Waals surface area contributed by atoms with Crippen LogP contribution in [0.4, 0.5) is 0 Å². The Bertz CT molecular complexity index is 682. The number of amides is 1. The van der Waals surface area contributed by atoms with E-state index in [0.717, 1.165) is 31.2 Å². The molecular formula is C18H25N5O2. The Kier molecular flexibility index (Phi) is 5.75. The van der Waals surface area contributed by atoms with Crippen molar-refractivity contribution >= 4 is 5.91 Å². The zero-order chi connectivity index (χ0) is 17.6. The molecule has 134 valence electrons. The molecule has 0 aliphatic heterocycles. The zero-order valence-corrected chi connectivity index (χ0v) is 14.5. The fourth-order valence-electron chi connectivity index (χ4n) is 3.49. The predicted molar refractivity (Wildman–Crippen MR) is 92.7 cm³/mol. The van der Waals surface area contributed by atoms with Crippen molar-refractivity contribution in [1.82, 2.24) is 25.5 Å². The monoisotopic (exact) mass is 343 g/mol. The zero-order valence-electron chi connectivity index (χ0n) is 14.5. The van der Waals surface area contributed by atoms with Gasteiger partial charge in [0.25, 0.3) is 0 Å². The summed E-state index contributed by atoms with van der Waals surface area (Å²) in [6.07, 6.45) is 4.41. The van der Waals surface area contributed by atoms with E-state index in [0.29, 0.717) is 18.2 Å². The molecule has 2 atom stereocenters. The standard InChI is InChI=1S/C18H25N5O2/c1-13-20-21-22-23(13)16(11-14-7-3-2-4-8-14)18(25)19-12-17(24)15-9-5-6-10-15/h2-4,7-8,15-17,24H,5-6,9-12H2,1H3,(H,19,25). The van der Waals surface area contributed by atoms with Gasteiger partial charge in [0.2, 0.25) is 5.91 Å². The molecule has 1 aliphatic carbocycles. The van der Waals surface area contributed by atoms with Gasteiger partial charge in [0.1, 0.15) is 11.9 Å². The predicted octanol–water partition coefficient (Wildman–Crippen LogP) is 1.43. The van der Waals surface area contributed by atoms with Crippen molar-refractivity contribution in [2.45, 2.75) is 51.2 Å². The Morgan fingerprint density at radius 3 is 2.68 bits per heavy atom. The first kappa shape index (κ1) is 17.5. The summed E-state index contributed by atoms with van der Waals surface area (Å²) in [7, 11) is 0. The largest absolute Gasteiger partial charge is 0.391 e. The summed E-state index contributed by atoms with van der Waals surface area (Å²) in [5, 5.41) is 24.7. The molecule has 7 heteroatoms. The Morgan fingerprint density at radius 2 is 2.04 bits per heavy atom. The smallest absolute Gasteiger partial charge is 0.245 e. The van der Waals surface area contributed by atoms with Crippen LogP contribution in [0.15, 0.2) is 30.3 Å². The minimum Gasteiger partial charge on any atom is -0.391 e. The number of nitrogens with zero attached hydrogens (tertiary/aromatic N) is 4. The van der Waals surface area contributed by atoms with Crippen molar-refractivity contribution in [2.75, 3.05) is 6.54 Å². The molecule has 2 aromatic rings. The van der Waals surface area contributed by atoms with Gasteiger partial charge in [0, 0.05) is 13.0 Å². The number of aliphatic hydroxyl groups is 1. The van der Waals surface area contributed by atoms with E-state index in [1.165, 1.54) is 0 Å². The topological polar surface area (TPSA) is 92.9 Å². The summed E-state index contributed by atoms with van der Waals surface area (Å²) in [5.41, 5.74) is 1.04. The van der Waals surface area contributed by atoms with Crippen LogP contribution in [0.1, 0.15) is 43.1 Å². The SMILES string of the molecule is Cc1nnnn1C(Cc1ccccc1)C(=O)NCC(O)C1CCCC1. The van der Waals surface area contributed by atoms with Crippen LogP contribution in [0.5, 0.6) is 0 Å². The van der Waals surface area contributed by atoms with E-state index in [1.54, 1.807) is 11.6 Å². The molecule has 1 aromatic carbocycles. The van der Waals surface area contributed by atoms with E-state index in [9.17, 15) is 9.90 Å². The molecular weight excluding hydrogens is 318 g/mol. The van der Waals surface area contributed by atoms with Crippen molar-refractivity contribution in [3.8, 4) is 0 Å². The highest BCUT2D eigenvalue weighted by Crippen LogP contribution is 2.27. The van der Waals surface area contributed by atoms with Gasteiger partial charge in [-0.05, 0) is 41.7 Å². The fourth-order valence-corrected chi connectivity index (χ4v) is 3.49. The third-order valence-electron chi connectivity index (χ3n) is 4.96. The lowest BCUT2D eigenvalue weighted by molar-refractivity contribution is -0.125. The summed E-state index contributed by atoms with van der Waals surface area (Å²) >= 11 is 0. The van der Waals surface area contributed by atoms with Gasteiger partial charge >= 0.3 is 0 Å². The third kappa shape index (κ3) is 4.42. The Balaban J connectivity index is 1.67. The van der Waals surface area contributed by atoms with E-state index >= 15 is 0 Å². The van der Waals surface area contributed by atoms with Crippen LogP contribution < -0.4 is 5.32 Å². The van der Waals surface area contributed by atoms with Gasteiger partial charge in [-0.15, -0.1) is 5.10 Å². The number of hydrogen-bond donors (Lipinski definition) is 2. The van der Waals surface area contributed by atoms with Crippen LogP contribution in [0, 0.1) is 12.8 Å². The molecule has 1 aliphatic rings. The molecule has 1 fully saturated rings. The molecule has 1 saturated carbocycles. The molecule has 0 radical (unpaired) electrons. The lowest BCUT2D eigenvalue weighted by Gasteiger charge is -2.21. The van der Waals surface area contributed by atoms with Crippen molar-refractivity contribution in [2.24, 2.45) is 5.92 Å². The molecule has 1 amide bonds. The number of benzene rings is 1. The molecule has 7 nitrogen and oxygen atoms in total. The van der Waals surface area contributed by atoms with Crippen LogP contribution in [-0.4, -0.2) is 43.9 Å². The number of aliphatic hydroxyl groups excluding tert-OH is 1. The van der Waals surface area contributed by atoms with Gasteiger partial charge in [-0.2, -0.15) is 0 Å². The number of aromatic nitrogens is 4. The highest BCUT2D eigenvalue weighted by molar-refractivity contribution is 5.80. The highest BCUT2D eigenvalue weighted by Gasteiger charge is 2.27. The van der Waals surface area contributed by atoms with Gasteiger partial charge in [0.15, 0.2) is 0 Å². The first-order valence-corrected chi connectivity index (χ1v) is 8.89. The fraction of sp³-hybridized carbons (Fsp3) is 0.556. The number of rotatable bonds is 7. The molecule has 2 unspecified atom stereocenters. The van der Waals surface area contributed by atoms with E-state index in [4.69, 9.17) is 0 Å². The van der Waals surface area contributed by atoms with Gasteiger partial charge in [0.05, 0.1) is 6.10 Å². The molecule has 0 spiro atoms. The maximum atomic E-state index is 12.8. The minimum absolute atomic E-state index is 0.170. The number of carbonyl (C=O) groups excluding carboxylic acids is 1. The van der Waals surface area contributed by atoms with Gasteiger partial charge < -0.3 is 10.4 Å². The lowest BCUT2D eigenvalue weighted by Crippen LogP contribution is -2.40. The van der Waals surface area contributed by atoms with Gasteiger partial charge in [-0.1, -0.05) is 43.2 Å². The maximum Gasteiger partial charge on any atom is 0.245 e. The second-order valence-corrected chi connectivity index (χ2v) is 6.73. The second kappa shape index (κ2) is 8.20. The number of nitrogens with one attached hydrogen (secondary N) is 1. The van der Waals surface area contributed by atoms with Crippen LogP contribution >= 0.6 is 0 Å². The van der Waals surface area contributed by atoms with E-state index in [2.05, 4.69) is 20.8 Å². The molecule has 2 N–H and O–H groups in total. The Labute approximate surface area is 147 Å². The van der Waals surface area contributed by atoms with Crippen molar-refractivity contribution in [1.29, 1.82) is 0 Å². The summed E-state index contributed by atoms with van der Waals surface area (Å²) in [5.74, 6) is 0.714. The molecule has 3 rings (SSSR count). The van der Waals surface area contributed by atoms with Crippen LogP contribution in [0.3, 0.4) is 0 Å². The number of hydrogen-bond acceptors (Lipinski definition) is 5. The van der Waals surface area contributed by atoms with Gasteiger partial charge in [-0.25, -0.2) is 4.68 Å². The minimum atomic E-state index is -0.534. The number of aryl methyl sites for hydroxylation is 1. The first-order chi connectivity index (χ1) is 12.1. The molecule has 1 aromatic heterocycles. The van der Waals surface area contributed by atoms with Crippen LogP contribution in [0.25, 0.3) is 0 Å². The van der Waals surface area contributed by atoms with Crippen molar-refractivity contribution in [3.63, 3.8) is 0 Å². The molecule has 25 heavy (non-hydrogen) atoms. The quantitative estimate of drug-likeness (QED) is 0.793. The van der Waals surface area contributed by atoms with E-state index in [1.807, 2.05) is 30.3 Å². The average Bonchev–Trinajstić information content (AvgIpc) is 3.30. The molecule has 0 bridgehead atoms. The Morgan fingerprint density at radius 1 is 1.32 bits per heavy atom. The van der Waals surface area contributed by atoms with E-state index < -0.39 is 12.1 Å². The Hall–Kier alpha value is -2.28. The molecule has 0 saturated heterocycles. The average molecular weight is 343 g/mol. The summed E-state index contributed by atoms with van der Waals surface area (Å²) in [4.78, 5) is 12.8. The van der Waals surface area contributed by atoms with Crippen LogP contribution in [0.2, 0.25) is 0 Å². The summed E-state index contributed by atoms with van der Waals surface area (Å²) in [6, 6.07) is 9.26. The summed E-state index contributed by atoms with van der Waals surface area (Å²) in [6.45, 7) is 2.05.